The summed E-state index contributed by atoms with van der Waals surface area (Å²) in [6, 6.07) is 17.9. The van der Waals surface area contributed by atoms with Crippen LogP contribution in [0, 0.1) is 26.6 Å². The van der Waals surface area contributed by atoms with E-state index in [9.17, 15) is 22.4 Å². The van der Waals surface area contributed by atoms with Crippen LogP contribution in [-0.2, 0) is 21.4 Å². The van der Waals surface area contributed by atoms with Crippen molar-refractivity contribution < 1.29 is 22.4 Å². The van der Waals surface area contributed by atoms with Crippen molar-refractivity contribution in [1.29, 1.82) is 0 Å². The van der Waals surface area contributed by atoms with E-state index < -0.39 is 10.0 Å². The summed E-state index contributed by atoms with van der Waals surface area (Å²) >= 11 is 0. The molecular formula is C33H39FN4O4S. The number of hydrogen-bond donors (Lipinski definition) is 1. The molecule has 1 saturated carbocycles. The highest BCUT2D eigenvalue weighted by atomic mass is 32.2. The number of carbonyl (C=O) groups excluding carboxylic acids is 2. The van der Waals surface area contributed by atoms with E-state index in [2.05, 4.69) is 5.32 Å². The van der Waals surface area contributed by atoms with Gasteiger partial charge < -0.3 is 15.1 Å². The predicted octanol–water partition coefficient (Wildman–Crippen LogP) is 5.63. The van der Waals surface area contributed by atoms with Crippen molar-refractivity contribution in [3.63, 3.8) is 0 Å². The fourth-order valence-corrected chi connectivity index (χ4v) is 7.09. The molecule has 3 aromatic rings. The molecule has 0 aromatic heterocycles. The van der Waals surface area contributed by atoms with Crippen LogP contribution in [0.15, 0.2) is 71.6 Å². The molecule has 43 heavy (non-hydrogen) atoms. The Morgan fingerprint density at radius 1 is 0.860 bits per heavy atom. The number of rotatable bonds is 9. The van der Waals surface area contributed by atoms with Crippen LogP contribution in [0.3, 0.4) is 0 Å². The first-order chi connectivity index (χ1) is 20.5. The van der Waals surface area contributed by atoms with Gasteiger partial charge in [-0.05, 0) is 99.5 Å². The van der Waals surface area contributed by atoms with E-state index >= 15 is 0 Å². The Balaban J connectivity index is 1.31. The van der Waals surface area contributed by atoms with Crippen molar-refractivity contribution >= 4 is 27.6 Å². The molecule has 0 spiro atoms. The number of likely N-dealkylation sites (tertiary alicyclic amines) is 1. The van der Waals surface area contributed by atoms with Gasteiger partial charge in [0.05, 0.1) is 11.4 Å². The fraction of sp³-hybridized carbons (Fsp3) is 0.394. The lowest BCUT2D eigenvalue weighted by molar-refractivity contribution is -0.135. The molecule has 8 nitrogen and oxygen atoms in total. The van der Waals surface area contributed by atoms with Crippen molar-refractivity contribution in [2.45, 2.75) is 70.0 Å². The molecule has 3 aromatic carbocycles. The van der Waals surface area contributed by atoms with E-state index in [0.29, 0.717) is 38.8 Å². The zero-order chi connectivity index (χ0) is 30.7. The number of halogens is 1. The Labute approximate surface area is 253 Å². The number of piperidine rings is 1. The number of nitrogens with one attached hydrogen (secondary N) is 1. The highest BCUT2D eigenvalue weighted by molar-refractivity contribution is 7.89. The molecule has 0 atom stereocenters. The number of urea groups is 1. The lowest BCUT2D eigenvalue weighted by Crippen LogP contribution is -2.52. The van der Waals surface area contributed by atoms with Crippen molar-refractivity contribution in [1.82, 2.24) is 14.1 Å². The van der Waals surface area contributed by atoms with Gasteiger partial charge >= 0.3 is 6.03 Å². The van der Waals surface area contributed by atoms with E-state index in [1.807, 2.05) is 39.0 Å². The minimum Gasteiger partial charge on any atom is -0.334 e. The zero-order valence-corrected chi connectivity index (χ0v) is 25.7. The van der Waals surface area contributed by atoms with Gasteiger partial charge in [-0.15, -0.1) is 0 Å². The standard InChI is InChI=1S/C33H39FN4O4S/c1-23-4-14-31(15-5-23)43(41,42)38(30-12-13-30)22-32(39)37(21-26-7-9-27(34)10-8-26)29-16-18-36(19-17-29)33(40)35-28-11-6-24(2)25(3)20-28/h4-11,14-15,20,29-30H,12-13,16-19,21-22H2,1-3H3,(H,35,40). The first-order valence-electron chi connectivity index (χ1n) is 14.8. The van der Waals surface area contributed by atoms with E-state index in [1.165, 1.54) is 16.4 Å². The van der Waals surface area contributed by atoms with Crippen LogP contribution < -0.4 is 5.32 Å². The smallest absolute Gasteiger partial charge is 0.321 e. The normalized spacial score (nSPS) is 15.9. The van der Waals surface area contributed by atoms with Gasteiger partial charge in [0.2, 0.25) is 15.9 Å². The minimum atomic E-state index is -3.87. The van der Waals surface area contributed by atoms with Gasteiger partial charge in [0.1, 0.15) is 5.82 Å². The molecule has 3 amide bonds. The Hall–Kier alpha value is -3.76. The van der Waals surface area contributed by atoms with Crippen LogP contribution in [0.5, 0.6) is 0 Å². The summed E-state index contributed by atoms with van der Waals surface area (Å²) in [7, 11) is -3.87. The summed E-state index contributed by atoms with van der Waals surface area (Å²) < 4.78 is 42.2. The molecule has 10 heteroatoms. The third kappa shape index (κ3) is 7.43. The molecule has 5 rings (SSSR count). The first kappa shape index (κ1) is 30.7. The van der Waals surface area contributed by atoms with Crippen LogP contribution in [0.25, 0.3) is 0 Å². The summed E-state index contributed by atoms with van der Waals surface area (Å²) in [5, 5.41) is 2.97. The van der Waals surface area contributed by atoms with Gasteiger partial charge in [-0.1, -0.05) is 35.9 Å². The molecule has 2 aliphatic rings. The maximum atomic E-state index is 14.0. The minimum absolute atomic E-state index is 0.172. The summed E-state index contributed by atoms with van der Waals surface area (Å²) in [6.45, 7) is 6.76. The van der Waals surface area contributed by atoms with Crippen LogP contribution >= 0.6 is 0 Å². The molecule has 0 radical (unpaired) electrons. The van der Waals surface area contributed by atoms with Gasteiger partial charge in [0.25, 0.3) is 0 Å². The average Bonchev–Trinajstić information content (AvgIpc) is 3.83. The van der Waals surface area contributed by atoms with Crippen LogP contribution in [0.2, 0.25) is 0 Å². The van der Waals surface area contributed by atoms with Gasteiger partial charge in [-0.2, -0.15) is 4.31 Å². The third-order valence-corrected chi connectivity index (χ3v) is 10.3. The molecule has 228 valence electrons. The molecule has 1 saturated heterocycles. The number of amides is 3. The lowest BCUT2D eigenvalue weighted by atomic mass is 10.0. The quantitative estimate of drug-likeness (QED) is 0.342. The van der Waals surface area contributed by atoms with Gasteiger partial charge in [0.15, 0.2) is 0 Å². The van der Waals surface area contributed by atoms with Crippen LogP contribution in [0.4, 0.5) is 14.9 Å². The number of nitrogens with zero attached hydrogens (tertiary/aromatic N) is 3. The van der Waals surface area contributed by atoms with E-state index in [-0.39, 0.29) is 47.8 Å². The molecule has 1 heterocycles. The van der Waals surface area contributed by atoms with Gasteiger partial charge in [0, 0.05) is 37.4 Å². The molecule has 1 aliphatic heterocycles. The second-order valence-electron chi connectivity index (χ2n) is 11.7. The highest BCUT2D eigenvalue weighted by Gasteiger charge is 2.41. The second-order valence-corrected chi connectivity index (χ2v) is 13.6. The molecular weight excluding hydrogens is 567 g/mol. The van der Waals surface area contributed by atoms with Gasteiger partial charge in [-0.25, -0.2) is 17.6 Å². The fourth-order valence-electron chi connectivity index (χ4n) is 5.45. The number of carbonyl (C=O) groups is 2. The maximum Gasteiger partial charge on any atom is 0.321 e. The first-order valence-corrected chi connectivity index (χ1v) is 16.2. The number of anilines is 1. The monoisotopic (exact) mass is 606 g/mol. The Kier molecular flexibility index (Phi) is 9.17. The van der Waals surface area contributed by atoms with Crippen LogP contribution in [-0.4, -0.2) is 66.2 Å². The third-order valence-electron chi connectivity index (χ3n) is 8.41. The number of sulfonamides is 1. The predicted molar refractivity (Wildman–Crippen MR) is 165 cm³/mol. The molecule has 0 unspecified atom stereocenters. The number of benzene rings is 3. The molecule has 0 bridgehead atoms. The molecule has 1 N–H and O–H groups in total. The lowest BCUT2D eigenvalue weighted by Gasteiger charge is -2.39. The topological polar surface area (TPSA) is 90.0 Å². The SMILES string of the molecule is Cc1ccc(S(=O)(=O)N(CC(=O)N(Cc2ccc(F)cc2)C2CCN(C(=O)Nc3ccc(C)c(C)c3)CC2)C2CC2)cc1. The summed E-state index contributed by atoms with van der Waals surface area (Å²) in [6.07, 6.45) is 2.51. The zero-order valence-electron chi connectivity index (χ0n) is 24.9. The van der Waals surface area contributed by atoms with E-state index in [1.54, 1.807) is 46.2 Å². The van der Waals surface area contributed by atoms with Crippen molar-refractivity contribution in [3.05, 3.63) is 94.8 Å². The van der Waals surface area contributed by atoms with Crippen molar-refractivity contribution in [2.24, 2.45) is 0 Å². The molecule has 1 aliphatic carbocycles. The Bertz CT molecular complexity index is 1570. The summed E-state index contributed by atoms with van der Waals surface area (Å²) in [5.74, 6) is -0.668. The van der Waals surface area contributed by atoms with Crippen LogP contribution in [0.1, 0.15) is 47.9 Å². The Morgan fingerprint density at radius 2 is 1.51 bits per heavy atom. The van der Waals surface area contributed by atoms with E-state index in [0.717, 1.165) is 27.9 Å². The van der Waals surface area contributed by atoms with Crippen molar-refractivity contribution in [2.75, 3.05) is 25.0 Å². The second kappa shape index (κ2) is 12.9. The maximum absolute atomic E-state index is 14.0. The molecule has 2 fully saturated rings. The highest BCUT2D eigenvalue weighted by Crippen LogP contribution is 2.33. The Morgan fingerprint density at radius 3 is 2.12 bits per heavy atom. The number of aryl methyl sites for hydroxylation is 3. The summed E-state index contributed by atoms with van der Waals surface area (Å²) in [4.78, 5) is 30.6. The number of hydrogen-bond acceptors (Lipinski definition) is 4. The largest absolute Gasteiger partial charge is 0.334 e. The van der Waals surface area contributed by atoms with Gasteiger partial charge in [-0.3, -0.25) is 4.79 Å². The van der Waals surface area contributed by atoms with Crippen molar-refractivity contribution in [3.8, 4) is 0 Å². The average molecular weight is 607 g/mol. The summed E-state index contributed by atoms with van der Waals surface area (Å²) in [5.41, 5.74) is 4.68. The van der Waals surface area contributed by atoms with E-state index in [4.69, 9.17) is 0 Å².